The highest BCUT2D eigenvalue weighted by Gasteiger charge is 2.31. The summed E-state index contributed by atoms with van der Waals surface area (Å²) in [6, 6.07) is 28.8. The van der Waals surface area contributed by atoms with Crippen LogP contribution < -0.4 is 32.7 Å². The molecule has 0 aliphatic heterocycles. The fourth-order valence-corrected chi connectivity index (χ4v) is 6.47. The van der Waals surface area contributed by atoms with E-state index in [4.69, 9.17) is 11.5 Å². The third kappa shape index (κ3) is 13.5. The number of rotatable bonds is 21. The molecule has 5 rings (SSSR count). The minimum absolute atomic E-state index is 0.0299. The number of aryl methyl sites for hydroxylation is 1. The molecule has 14 heteroatoms. The van der Waals surface area contributed by atoms with Crippen LogP contribution >= 0.6 is 0 Å². The summed E-state index contributed by atoms with van der Waals surface area (Å²) < 4.78 is 0. The van der Waals surface area contributed by atoms with E-state index in [-0.39, 0.29) is 25.2 Å². The molecule has 1 aromatic heterocycles. The Labute approximate surface area is 343 Å². The monoisotopic (exact) mass is 797 g/mol. The maximum atomic E-state index is 14.3. The van der Waals surface area contributed by atoms with Gasteiger partial charge in [-0.25, -0.2) is 9.98 Å². The number of guanidine groups is 1. The van der Waals surface area contributed by atoms with E-state index in [1.807, 2.05) is 61.5 Å². The van der Waals surface area contributed by atoms with Crippen molar-refractivity contribution in [2.45, 2.75) is 76.0 Å². The van der Waals surface area contributed by atoms with E-state index in [9.17, 15) is 24.0 Å². The first-order chi connectivity index (χ1) is 28.6. The van der Waals surface area contributed by atoms with E-state index in [0.29, 0.717) is 48.2 Å². The third-order valence-electron chi connectivity index (χ3n) is 9.64. The fourth-order valence-electron chi connectivity index (χ4n) is 6.47. The van der Waals surface area contributed by atoms with Crippen molar-refractivity contribution >= 4 is 41.6 Å². The average molecular weight is 798 g/mol. The third-order valence-corrected chi connectivity index (χ3v) is 9.64. The van der Waals surface area contributed by atoms with Crippen LogP contribution in [0.4, 0.5) is 5.69 Å². The van der Waals surface area contributed by atoms with Crippen LogP contribution in [0, 0.1) is 0 Å². The fraction of sp³-hybridized carbons (Fsp3) is 0.267. The summed E-state index contributed by atoms with van der Waals surface area (Å²) in [6.45, 7) is 1.98. The molecule has 4 atom stereocenters. The quantitative estimate of drug-likeness (QED) is 0.0325. The lowest BCUT2D eigenvalue weighted by Crippen LogP contribution is -2.58. The minimum atomic E-state index is -1.17. The highest BCUT2D eigenvalue weighted by Crippen LogP contribution is 2.20. The number of benzene rings is 4. The molecular formula is C45H51N9O5. The molecule has 0 radical (unpaired) electrons. The molecule has 306 valence electrons. The Morgan fingerprint density at radius 1 is 0.695 bits per heavy atom. The van der Waals surface area contributed by atoms with Gasteiger partial charge in [-0.3, -0.25) is 19.2 Å². The number of nitrogens with zero attached hydrogens (tertiary/aromatic N) is 2. The molecule has 0 spiro atoms. The zero-order valence-electron chi connectivity index (χ0n) is 33.0. The van der Waals surface area contributed by atoms with Gasteiger partial charge in [0.05, 0.1) is 11.7 Å². The van der Waals surface area contributed by atoms with Crippen LogP contribution in [-0.2, 0) is 38.4 Å². The number of nitrogens with two attached hydrogens (primary N) is 2. The number of carbonyl (C=O) groups excluding carboxylic acids is 5. The maximum absolute atomic E-state index is 14.3. The number of aliphatic imine (C=N–C) groups is 1. The van der Waals surface area contributed by atoms with Gasteiger partial charge in [0.1, 0.15) is 30.2 Å². The molecule has 0 unspecified atom stereocenters. The van der Waals surface area contributed by atoms with Crippen molar-refractivity contribution in [2.75, 3.05) is 0 Å². The first kappa shape index (κ1) is 43.0. The Morgan fingerprint density at radius 3 is 1.88 bits per heavy atom. The topological polar surface area (TPSA) is 227 Å². The Morgan fingerprint density at radius 2 is 1.27 bits per heavy atom. The summed E-state index contributed by atoms with van der Waals surface area (Å²) in [4.78, 5) is 79.0. The number of aromatic nitrogens is 2. The number of H-pyrrole nitrogens is 1. The van der Waals surface area contributed by atoms with Gasteiger partial charge in [-0.05, 0) is 65.8 Å². The zero-order chi connectivity index (χ0) is 42.0. The van der Waals surface area contributed by atoms with Gasteiger partial charge in [0.2, 0.25) is 17.7 Å². The number of hydrogen-bond acceptors (Lipinski definition) is 7. The SMILES string of the molecule is CCCC[C@H](NC(=O)c1ccccc1)C(=O)N[C@@H](CCc1ncc[nH]1)C(=O)N[C@@H](Cc1ccc(N=C(N)N)cc1)C(=O)N[C@H](C=O)Cc1ccc(-c2ccccc2)cc1. The van der Waals surface area contributed by atoms with Crippen molar-refractivity contribution in [1.29, 1.82) is 0 Å². The first-order valence-electron chi connectivity index (χ1n) is 19.6. The van der Waals surface area contributed by atoms with E-state index in [1.165, 1.54) is 0 Å². The molecule has 9 N–H and O–H groups in total. The van der Waals surface area contributed by atoms with E-state index in [1.54, 1.807) is 67.0 Å². The molecule has 5 aromatic rings. The zero-order valence-corrected chi connectivity index (χ0v) is 33.0. The molecule has 0 saturated heterocycles. The number of unbranched alkanes of at least 4 members (excludes halogenated alkanes) is 1. The van der Waals surface area contributed by atoms with Crippen molar-refractivity contribution < 1.29 is 24.0 Å². The highest BCUT2D eigenvalue weighted by atomic mass is 16.2. The van der Waals surface area contributed by atoms with Crippen LogP contribution in [0.25, 0.3) is 11.1 Å². The largest absolute Gasteiger partial charge is 0.370 e. The number of amides is 4. The normalized spacial score (nSPS) is 12.8. The molecular weight excluding hydrogens is 747 g/mol. The first-order valence-corrected chi connectivity index (χ1v) is 19.6. The van der Waals surface area contributed by atoms with Gasteiger partial charge in [0, 0.05) is 30.8 Å². The van der Waals surface area contributed by atoms with Gasteiger partial charge in [0.25, 0.3) is 5.91 Å². The molecule has 0 aliphatic carbocycles. The van der Waals surface area contributed by atoms with Gasteiger partial charge in [-0.15, -0.1) is 0 Å². The standard InChI is InChI=1S/C45H51N9O5/c1-2-3-14-37(52-41(56)34-12-8-5-9-13-34)42(57)53-38(23-24-40-48-25-26-49-40)43(58)54-39(28-31-17-21-35(22-18-31)51-45(46)47)44(59)50-36(29-55)27-30-15-19-33(20-16-30)32-10-6-4-7-11-32/h4-13,15-22,25-26,29,36-39H,2-3,14,23-24,27-28H2,1H3,(H,48,49)(H,50,59)(H,52,56)(H,53,57)(H,54,58)(H4,46,47,51)/t36-,37-,38-,39-/m0/s1. The lowest BCUT2D eigenvalue weighted by Gasteiger charge is -2.26. The van der Waals surface area contributed by atoms with Crippen molar-refractivity contribution in [2.24, 2.45) is 16.5 Å². The molecule has 0 aliphatic rings. The van der Waals surface area contributed by atoms with E-state index in [0.717, 1.165) is 23.1 Å². The van der Waals surface area contributed by atoms with Crippen molar-refractivity contribution in [3.8, 4) is 11.1 Å². The second-order valence-corrected chi connectivity index (χ2v) is 14.2. The van der Waals surface area contributed by atoms with Crippen LogP contribution in [0.3, 0.4) is 0 Å². The molecule has 4 amide bonds. The number of imidazole rings is 1. The molecule has 1 heterocycles. The summed E-state index contributed by atoms with van der Waals surface area (Å²) in [6.07, 6.45) is 6.33. The highest BCUT2D eigenvalue weighted by molar-refractivity contribution is 5.99. The van der Waals surface area contributed by atoms with Crippen LogP contribution in [0.5, 0.6) is 0 Å². The molecule has 59 heavy (non-hydrogen) atoms. The molecule has 0 bridgehead atoms. The van der Waals surface area contributed by atoms with Gasteiger partial charge in [0.15, 0.2) is 5.96 Å². The number of hydrogen-bond donors (Lipinski definition) is 7. The van der Waals surface area contributed by atoms with Crippen LogP contribution in [0.1, 0.15) is 59.9 Å². The summed E-state index contributed by atoms with van der Waals surface area (Å²) in [5, 5.41) is 11.3. The predicted octanol–water partition coefficient (Wildman–Crippen LogP) is 4.04. The second-order valence-electron chi connectivity index (χ2n) is 14.2. The van der Waals surface area contributed by atoms with E-state index < -0.39 is 47.8 Å². The van der Waals surface area contributed by atoms with Gasteiger partial charge in [-0.2, -0.15) is 0 Å². The van der Waals surface area contributed by atoms with Crippen molar-refractivity contribution in [3.05, 3.63) is 144 Å². The van der Waals surface area contributed by atoms with Crippen LogP contribution in [-0.4, -0.2) is 70.0 Å². The predicted molar refractivity (Wildman–Crippen MR) is 227 cm³/mol. The van der Waals surface area contributed by atoms with Gasteiger partial charge < -0.3 is 42.5 Å². The number of aromatic amines is 1. The Balaban J connectivity index is 1.36. The van der Waals surface area contributed by atoms with Crippen LogP contribution in [0.15, 0.2) is 127 Å². The Kier molecular flexibility index (Phi) is 16.1. The summed E-state index contributed by atoms with van der Waals surface area (Å²) in [5.41, 5.74) is 15.5. The lowest BCUT2D eigenvalue weighted by atomic mass is 10.00. The summed E-state index contributed by atoms with van der Waals surface area (Å²) in [5.74, 6) is -1.72. The average Bonchev–Trinajstić information content (AvgIpc) is 3.78. The second kappa shape index (κ2) is 22.0. The number of carbonyl (C=O) groups is 5. The lowest BCUT2D eigenvalue weighted by molar-refractivity contribution is -0.133. The minimum Gasteiger partial charge on any atom is -0.370 e. The van der Waals surface area contributed by atoms with Gasteiger partial charge >= 0.3 is 0 Å². The molecule has 4 aromatic carbocycles. The van der Waals surface area contributed by atoms with Crippen LogP contribution in [0.2, 0.25) is 0 Å². The number of aldehydes is 1. The maximum Gasteiger partial charge on any atom is 0.251 e. The molecule has 14 nitrogen and oxygen atoms in total. The molecule has 0 fully saturated rings. The van der Waals surface area contributed by atoms with Crippen molar-refractivity contribution in [3.63, 3.8) is 0 Å². The molecule has 0 saturated carbocycles. The number of nitrogens with one attached hydrogen (secondary N) is 5. The summed E-state index contributed by atoms with van der Waals surface area (Å²) >= 11 is 0. The van der Waals surface area contributed by atoms with Crippen molar-refractivity contribution in [1.82, 2.24) is 31.2 Å². The van der Waals surface area contributed by atoms with Gasteiger partial charge in [-0.1, -0.05) is 105 Å². The Hall–Kier alpha value is -7.09. The summed E-state index contributed by atoms with van der Waals surface area (Å²) in [7, 11) is 0. The van der Waals surface area contributed by atoms with E-state index >= 15 is 0 Å². The smallest absolute Gasteiger partial charge is 0.251 e. The van der Waals surface area contributed by atoms with E-state index in [2.05, 4.69) is 36.2 Å². The Bertz CT molecular complexity index is 2140.